The van der Waals surface area contributed by atoms with Crippen LogP contribution in [0.3, 0.4) is 0 Å². The molecule has 0 aliphatic heterocycles. The van der Waals surface area contributed by atoms with Crippen LogP contribution in [0.5, 0.6) is 0 Å². The van der Waals surface area contributed by atoms with Crippen LogP contribution in [0.4, 0.5) is 0 Å². The summed E-state index contributed by atoms with van der Waals surface area (Å²) in [5.74, 6) is 1.23. The maximum Gasteiger partial charge on any atom is 0.267 e. The summed E-state index contributed by atoms with van der Waals surface area (Å²) >= 11 is 0. The zero-order valence-corrected chi connectivity index (χ0v) is 10.6. The van der Waals surface area contributed by atoms with E-state index in [4.69, 9.17) is 17.9 Å². The predicted molar refractivity (Wildman–Crippen MR) is 75.6 cm³/mol. The lowest BCUT2D eigenvalue weighted by Gasteiger charge is -1.96. The van der Waals surface area contributed by atoms with Gasteiger partial charge in [-0.3, -0.25) is 14.6 Å². The number of carbonyl (C=O) groups excluding carboxylic acids is 2. The summed E-state index contributed by atoms with van der Waals surface area (Å²) in [5, 5.41) is 0. The van der Waals surface area contributed by atoms with Gasteiger partial charge in [0.05, 0.1) is 0 Å². The fraction of sp³-hybridized carbons (Fsp3) is 0. The number of pyridine rings is 1. The van der Waals surface area contributed by atoms with Gasteiger partial charge in [-0.1, -0.05) is 24.1 Å². The summed E-state index contributed by atoms with van der Waals surface area (Å²) in [5.41, 5.74) is 11.1. The van der Waals surface area contributed by atoms with Crippen LogP contribution in [0.1, 0.15) is 26.4 Å². The first-order valence-electron chi connectivity index (χ1n) is 5.62. The number of benzene rings is 1. The molecule has 0 radical (unpaired) electrons. The van der Waals surface area contributed by atoms with E-state index in [1.54, 1.807) is 0 Å². The fourth-order valence-corrected chi connectivity index (χ4v) is 1.25. The predicted octanol–water partition coefficient (Wildman–Crippen LogP) is 0.947. The molecule has 1 aromatic heterocycles. The number of nitrogens with two attached hydrogens (primary N) is 2. The molecule has 1 heterocycles. The molecule has 0 aliphatic rings. The van der Waals surface area contributed by atoms with Crippen LogP contribution in [0.15, 0.2) is 48.7 Å². The molecule has 4 N–H and O–H groups in total. The van der Waals surface area contributed by atoms with Crippen molar-refractivity contribution in [3.05, 3.63) is 65.5 Å². The Bertz CT molecular complexity index is 616. The zero-order chi connectivity index (χ0) is 15.0. The largest absolute Gasteiger partial charge is 0.366 e. The van der Waals surface area contributed by atoms with Crippen LogP contribution in [0.25, 0.3) is 0 Å². The molecule has 0 atom stereocenters. The molecular formula is C15H13N3O2. The van der Waals surface area contributed by atoms with Crippen molar-refractivity contribution in [2.45, 2.75) is 0 Å². The minimum atomic E-state index is -0.682. The second-order valence-electron chi connectivity index (χ2n) is 3.67. The number of carbonyl (C=O) groups is 2. The van der Waals surface area contributed by atoms with Crippen LogP contribution in [0.2, 0.25) is 0 Å². The third kappa shape index (κ3) is 4.63. The lowest BCUT2D eigenvalue weighted by molar-refractivity contribution is 0.0995. The number of aromatic nitrogens is 1. The van der Waals surface area contributed by atoms with Gasteiger partial charge in [0.1, 0.15) is 5.69 Å². The first kappa shape index (κ1) is 14.9. The number of primary amides is 2. The van der Waals surface area contributed by atoms with E-state index in [1.165, 1.54) is 18.3 Å². The number of hydrogen-bond acceptors (Lipinski definition) is 3. The minimum absolute atomic E-state index is 0.0336. The monoisotopic (exact) mass is 267 g/mol. The summed E-state index contributed by atoms with van der Waals surface area (Å²) in [6, 6.07) is 12.3. The minimum Gasteiger partial charge on any atom is -0.366 e. The first-order chi connectivity index (χ1) is 9.54. The van der Waals surface area contributed by atoms with E-state index >= 15 is 0 Å². The van der Waals surface area contributed by atoms with Crippen molar-refractivity contribution >= 4 is 11.8 Å². The molecule has 0 saturated heterocycles. The standard InChI is InChI=1S/C8H6.C7H7N3O2/c1-2-8-6-4-3-5-7-8;8-6(11)4-1-2-10-5(3-4)7(9)12/h1,3-7H;1-3H,(H2,8,11)(H2,9,12). The zero-order valence-electron chi connectivity index (χ0n) is 10.6. The summed E-state index contributed by atoms with van der Waals surface area (Å²) in [7, 11) is 0. The molecule has 0 fully saturated rings. The van der Waals surface area contributed by atoms with E-state index in [0.717, 1.165) is 5.56 Å². The average molecular weight is 267 g/mol. The van der Waals surface area contributed by atoms with Crippen molar-refractivity contribution in [1.82, 2.24) is 4.98 Å². The average Bonchev–Trinajstić information content (AvgIpc) is 2.49. The highest BCUT2D eigenvalue weighted by Gasteiger charge is 2.05. The molecule has 0 spiro atoms. The molecule has 100 valence electrons. The smallest absolute Gasteiger partial charge is 0.267 e. The van der Waals surface area contributed by atoms with Crippen molar-refractivity contribution in [2.75, 3.05) is 0 Å². The van der Waals surface area contributed by atoms with Crippen molar-refractivity contribution in [1.29, 1.82) is 0 Å². The number of amides is 2. The number of nitrogens with zero attached hydrogens (tertiary/aromatic N) is 1. The molecule has 0 aliphatic carbocycles. The molecule has 5 heteroatoms. The van der Waals surface area contributed by atoms with E-state index in [-0.39, 0.29) is 11.3 Å². The maximum absolute atomic E-state index is 10.6. The van der Waals surface area contributed by atoms with Crippen LogP contribution < -0.4 is 11.5 Å². The van der Waals surface area contributed by atoms with Gasteiger partial charge in [0, 0.05) is 17.3 Å². The van der Waals surface area contributed by atoms with Crippen molar-refractivity contribution < 1.29 is 9.59 Å². The SMILES string of the molecule is C#Cc1ccccc1.NC(=O)c1ccnc(C(N)=O)c1. The number of hydrogen-bond donors (Lipinski definition) is 2. The summed E-state index contributed by atoms with van der Waals surface area (Å²) in [4.78, 5) is 24.8. The van der Waals surface area contributed by atoms with Crippen LogP contribution in [0, 0.1) is 12.3 Å². The summed E-state index contributed by atoms with van der Waals surface area (Å²) in [6.07, 6.45) is 6.41. The Kier molecular flexibility index (Phi) is 5.48. The van der Waals surface area contributed by atoms with Crippen molar-refractivity contribution in [2.24, 2.45) is 11.5 Å². The van der Waals surface area contributed by atoms with E-state index in [9.17, 15) is 9.59 Å². The van der Waals surface area contributed by atoms with Gasteiger partial charge in [-0.05, 0) is 24.3 Å². The van der Waals surface area contributed by atoms with Gasteiger partial charge < -0.3 is 11.5 Å². The molecular weight excluding hydrogens is 254 g/mol. The van der Waals surface area contributed by atoms with Gasteiger partial charge in [0.25, 0.3) is 5.91 Å². The molecule has 20 heavy (non-hydrogen) atoms. The van der Waals surface area contributed by atoms with Gasteiger partial charge in [-0.15, -0.1) is 6.42 Å². The van der Waals surface area contributed by atoms with E-state index in [2.05, 4.69) is 10.9 Å². The summed E-state index contributed by atoms with van der Waals surface area (Å²) in [6.45, 7) is 0. The molecule has 0 unspecified atom stereocenters. The first-order valence-corrected chi connectivity index (χ1v) is 5.62. The second-order valence-corrected chi connectivity index (χ2v) is 3.67. The Morgan fingerprint density at radius 2 is 1.70 bits per heavy atom. The third-order valence-corrected chi connectivity index (χ3v) is 2.24. The molecule has 0 bridgehead atoms. The molecule has 1 aromatic carbocycles. The van der Waals surface area contributed by atoms with Crippen LogP contribution >= 0.6 is 0 Å². The van der Waals surface area contributed by atoms with Crippen LogP contribution in [-0.2, 0) is 0 Å². The topological polar surface area (TPSA) is 99.1 Å². The fourth-order valence-electron chi connectivity index (χ4n) is 1.25. The Morgan fingerprint density at radius 3 is 2.15 bits per heavy atom. The highest BCUT2D eigenvalue weighted by atomic mass is 16.1. The second kappa shape index (κ2) is 7.34. The lowest BCUT2D eigenvalue weighted by Crippen LogP contribution is -2.16. The quantitative estimate of drug-likeness (QED) is 0.792. The van der Waals surface area contributed by atoms with Gasteiger partial charge in [0.2, 0.25) is 5.91 Å². The molecule has 0 saturated carbocycles. The van der Waals surface area contributed by atoms with E-state index < -0.39 is 11.8 Å². The Morgan fingerprint density at radius 1 is 1.05 bits per heavy atom. The molecule has 5 nitrogen and oxygen atoms in total. The molecule has 2 rings (SSSR count). The van der Waals surface area contributed by atoms with Gasteiger partial charge in [0.15, 0.2) is 0 Å². The van der Waals surface area contributed by atoms with Crippen LogP contribution in [-0.4, -0.2) is 16.8 Å². The lowest BCUT2D eigenvalue weighted by atomic mass is 10.2. The maximum atomic E-state index is 10.6. The van der Waals surface area contributed by atoms with Gasteiger partial charge in [-0.25, -0.2) is 0 Å². The highest BCUT2D eigenvalue weighted by molar-refractivity contribution is 5.97. The molecule has 2 amide bonds. The Labute approximate surface area is 116 Å². The van der Waals surface area contributed by atoms with E-state index in [0.29, 0.717) is 0 Å². The number of terminal acetylenes is 1. The highest BCUT2D eigenvalue weighted by Crippen LogP contribution is 1.99. The molecule has 2 aromatic rings. The number of rotatable bonds is 2. The summed E-state index contributed by atoms with van der Waals surface area (Å²) < 4.78 is 0. The van der Waals surface area contributed by atoms with Crippen molar-refractivity contribution in [3.8, 4) is 12.3 Å². The van der Waals surface area contributed by atoms with Gasteiger partial charge in [-0.2, -0.15) is 0 Å². The Balaban J connectivity index is 0.000000217. The Hall–Kier alpha value is -3.13. The van der Waals surface area contributed by atoms with Crippen molar-refractivity contribution in [3.63, 3.8) is 0 Å². The third-order valence-electron chi connectivity index (χ3n) is 2.24. The van der Waals surface area contributed by atoms with E-state index in [1.807, 2.05) is 30.3 Å². The normalized spacial score (nSPS) is 8.75. The van der Waals surface area contributed by atoms with Gasteiger partial charge >= 0.3 is 0 Å².